The van der Waals surface area contributed by atoms with E-state index in [1.54, 1.807) is 6.20 Å². The lowest BCUT2D eigenvalue weighted by Crippen LogP contribution is -2.10. The van der Waals surface area contributed by atoms with Crippen LogP contribution in [0.15, 0.2) is 53.8 Å². The molecule has 0 amide bonds. The summed E-state index contributed by atoms with van der Waals surface area (Å²) in [6, 6.07) is 13.7. The van der Waals surface area contributed by atoms with Crippen LogP contribution in [0.1, 0.15) is 5.56 Å². The van der Waals surface area contributed by atoms with Gasteiger partial charge in [0.15, 0.2) is 0 Å². The van der Waals surface area contributed by atoms with Crippen molar-refractivity contribution in [1.82, 2.24) is 4.98 Å². The Kier molecular flexibility index (Phi) is 3.35. The highest BCUT2D eigenvalue weighted by atomic mass is 16.4. The van der Waals surface area contributed by atoms with Gasteiger partial charge in [0, 0.05) is 24.5 Å². The Morgan fingerprint density at radius 1 is 1.18 bits per heavy atom. The van der Waals surface area contributed by atoms with E-state index in [2.05, 4.69) is 10.1 Å². The summed E-state index contributed by atoms with van der Waals surface area (Å²) < 4.78 is 0. The molecule has 0 radical (unpaired) electrons. The number of benzene rings is 1. The Balaban J connectivity index is 2.23. The smallest absolute Gasteiger partial charge is 0.132 e. The Hall–Kier alpha value is -2.36. The first-order valence-electron chi connectivity index (χ1n) is 5.23. The lowest BCUT2D eigenvalue weighted by Gasteiger charge is -2.17. The average Bonchev–Trinajstić information content (AvgIpc) is 2.40. The maximum absolute atomic E-state index is 8.41. The van der Waals surface area contributed by atoms with E-state index >= 15 is 0 Å². The lowest BCUT2D eigenvalue weighted by molar-refractivity contribution is 0.322. The van der Waals surface area contributed by atoms with Gasteiger partial charge in [0.1, 0.15) is 5.82 Å². The molecule has 17 heavy (non-hydrogen) atoms. The van der Waals surface area contributed by atoms with Gasteiger partial charge < -0.3 is 10.1 Å². The zero-order chi connectivity index (χ0) is 12.1. The van der Waals surface area contributed by atoms with Crippen molar-refractivity contribution in [3.8, 4) is 0 Å². The van der Waals surface area contributed by atoms with Crippen molar-refractivity contribution < 1.29 is 5.21 Å². The summed E-state index contributed by atoms with van der Waals surface area (Å²) >= 11 is 0. The molecule has 4 nitrogen and oxygen atoms in total. The molecule has 1 aromatic heterocycles. The van der Waals surface area contributed by atoms with Gasteiger partial charge in [-0.3, -0.25) is 0 Å². The molecule has 0 aliphatic rings. The maximum atomic E-state index is 8.41. The largest absolute Gasteiger partial charge is 0.411 e. The summed E-state index contributed by atoms with van der Waals surface area (Å²) in [5, 5.41) is 11.4. The van der Waals surface area contributed by atoms with Crippen LogP contribution >= 0.6 is 0 Å². The zero-order valence-corrected chi connectivity index (χ0v) is 9.49. The van der Waals surface area contributed by atoms with Crippen molar-refractivity contribution in [2.75, 3.05) is 11.9 Å². The van der Waals surface area contributed by atoms with Crippen LogP contribution in [0.2, 0.25) is 0 Å². The summed E-state index contributed by atoms with van der Waals surface area (Å²) in [4.78, 5) is 6.28. The SMILES string of the molecule is CN(c1ccccc1)c1ccc(/C=N\O)cn1. The van der Waals surface area contributed by atoms with Crippen LogP contribution in [0.5, 0.6) is 0 Å². The molecular weight excluding hydrogens is 214 g/mol. The van der Waals surface area contributed by atoms with Gasteiger partial charge in [0.25, 0.3) is 0 Å². The third kappa shape index (κ3) is 2.60. The number of anilines is 2. The minimum Gasteiger partial charge on any atom is -0.411 e. The van der Waals surface area contributed by atoms with Crippen molar-refractivity contribution in [3.63, 3.8) is 0 Å². The molecule has 0 spiro atoms. The summed E-state index contributed by atoms with van der Waals surface area (Å²) in [5.74, 6) is 0.839. The van der Waals surface area contributed by atoms with Crippen LogP contribution in [0, 0.1) is 0 Å². The third-order valence-corrected chi connectivity index (χ3v) is 2.46. The Labute approximate surface area is 99.8 Å². The molecule has 0 bridgehead atoms. The van der Waals surface area contributed by atoms with Crippen LogP contribution in [0.25, 0.3) is 0 Å². The van der Waals surface area contributed by atoms with Crippen LogP contribution in [0.4, 0.5) is 11.5 Å². The van der Waals surface area contributed by atoms with Gasteiger partial charge in [-0.1, -0.05) is 23.4 Å². The van der Waals surface area contributed by atoms with E-state index in [9.17, 15) is 0 Å². The van der Waals surface area contributed by atoms with E-state index in [1.165, 1.54) is 6.21 Å². The van der Waals surface area contributed by atoms with Crippen LogP contribution in [-0.4, -0.2) is 23.5 Å². The molecule has 0 aliphatic carbocycles. The fraction of sp³-hybridized carbons (Fsp3) is 0.0769. The van der Waals surface area contributed by atoms with E-state index in [-0.39, 0.29) is 0 Å². The van der Waals surface area contributed by atoms with E-state index < -0.39 is 0 Å². The highest BCUT2D eigenvalue weighted by Crippen LogP contribution is 2.20. The first-order valence-corrected chi connectivity index (χ1v) is 5.23. The number of hydrogen-bond donors (Lipinski definition) is 1. The normalized spacial score (nSPS) is 10.6. The molecule has 4 heteroatoms. The molecule has 2 rings (SSSR count). The predicted octanol–water partition coefficient (Wildman–Crippen LogP) is 2.66. The van der Waals surface area contributed by atoms with Crippen molar-refractivity contribution in [3.05, 3.63) is 54.2 Å². The van der Waals surface area contributed by atoms with E-state index in [0.717, 1.165) is 17.1 Å². The highest BCUT2D eigenvalue weighted by molar-refractivity contribution is 5.79. The van der Waals surface area contributed by atoms with Crippen LogP contribution in [0.3, 0.4) is 0 Å². The molecule has 1 N–H and O–H groups in total. The molecule has 1 heterocycles. The van der Waals surface area contributed by atoms with Crippen molar-refractivity contribution in [1.29, 1.82) is 0 Å². The summed E-state index contributed by atoms with van der Waals surface area (Å²) in [5.41, 5.74) is 1.83. The van der Waals surface area contributed by atoms with Gasteiger partial charge in [-0.2, -0.15) is 0 Å². The molecule has 0 saturated carbocycles. The second kappa shape index (κ2) is 5.12. The minimum atomic E-state index is 0.762. The van der Waals surface area contributed by atoms with Crippen LogP contribution in [-0.2, 0) is 0 Å². The first kappa shape index (κ1) is 11.1. The summed E-state index contributed by atoms with van der Waals surface area (Å²) in [6.45, 7) is 0. The Bertz CT molecular complexity index is 494. The molecule has 0 fully saturated rings. The van der Waals surface area contributed by atoms with Gasteiger partial charge in [-0.25, -0.2) is 4.98 Å². The Morgan fingerprint density at radius 2 is 1.94 bits per heavy atom. The predicted molar refractivity (Wildman–Crippen MR) is 68.1 cm³/mol. The first-order chi connectivity index (χ1) is 8.31. The van der Waals surface area contributed by atoms with Gasteiger partial charge >= 0.3 is 0 Å². The van der Waals surface area contributed by atoms with Crippen molar-refractivity contribution in [2.45, 2.75) is 0 Å². The molecule has 0 saturated heterocycles. The van der Waals surface area contributed by atoms with Crippen molar-refractivity contribution in [2.24, 2.45) is 5.16 Å². The molecule has 0 unspecified atom stereocenters. The number of hydrogen-bond acceptors (Lipinski definition) is 4. The van der Waals surface area contributed by atoms with E-state index in [0.29, 0.717) is 0 Å². The molecule has 2 aromatic rings. The summed E-state index contributed by atoms with van der Waals surface area (Å²) in [7, 11) is 1.96. The van der Waals surface area contributed by atoms with Crippen molar-refractivity contribution >= 4 is 17.7 Å². The van der Waals surface area contributed by atoms with Gasteiger partial charge in [-0.15, -0.1) is 0 Å². The maximum Gasteiger partial charge on any atom is 0.132 e. The highest BCUT2D eigenvalue weighted by Gasteiger charge is 2.03. The number of pyridine rings is 1. The van der Waals surface area contributed by atoms with Crippen LogP contribution < -0.4 is 4.90 Å². The number of oxime groups is 1. The number of nitrogens with zero attached hydrogens (tertiary/aromatic N) is 3. The average molecular weight is 227 g/mol. The standard InChI is InChI=1S/C13H13N3O/c1-16(12-5-3-2-4-6-12)13-8-7-11(9-14-13)10-15-17/h2-10,17H,1H3/b15-10-. The zero-order valence-electron chi connectivity index (χ0n) is 9.49. The molecule has 1 aromatic carbocycles. The topological polar surface area (TPSA) is 48.7 Å². The van der Waals surface area contributed by atoms with E-state index in [1.807, 2.05) is 54.4 Å². The number of para-hydroxylation sites is 1. The lowest BCUT2D eigenvalue weighted by atomic mass is 10.2. The minimum absolute atomic E-state index is 0.762. The fourth-order valence-electron chi connectivity index (χ4n) is 1.52. The van der Waals surface area contributed by atoms with E-state index in [4.69, 9.17) is 5.21 Å². The summed E-state index contributed by atoms with van der Waals surface area (Å²) in [6.07, 6.45) is 3.01. The molecule has 86 valence electrons. The molecular formula is C13H13N3O. The quantitative estimate of drug-likeness (QED) is 0.498. The van der Waals surface area contributed by atoms with Gasteiger partial charge in [0.2, 0.25) is 0 Å². The fourth-order valence-corrected chi connectivity index (χ4v) is 1.52. The van der Waals surface area contributed by atoms with Gasteiger partial charge in [0.05, 0.1) is 6.21 Å². The third-order valence-electron chi connectivity index (χ3n) is 2.46. The molecule has 0 atom stereocenters. The molecule has 0 aliphatic heterocycles. The number of rotatable bonds is 3. The monoisotopic (exact) mass is 227 g/mol. The second-order valence-electron chi connectivity index (χ2n) is 3.59. The van der Waals surface area contributed by atoms with Gasteiger partial charge in [-0.05, 0) is 24.3 Å². The number of aromatic nitrogens is 1. The second-order valence-corrected chi connectivity index (χ2v) is 3.59. The Morgan fingerprint density at radius 3 is 2.53 bits per heavy atom.